The van der Waals surface area contributed by atoms with Crippen molar-refractivity contribution in [2.75, 3.05) is 6.61 Å². The number of hydrogen-bond donors (Lipinski definition) is 0. The summed E-state index contributed by atoms with van der Waals surface area (Å²) in [6, 6.07) is 0. The van der Waals surface area contributed by atoms with E-state index in [2.05, 4.69) is 4.98 Å². The Morgan fingerprint density at radius 3 is 3.15 bits per heavy atom. The Balaban J connectivity index is 2.13. The number of thiazole rings is 1. The molecule has 0 bridgehead atoms. The Morgan fingerprint density at radius 1 is 1.77 bits per heavy atom. The van der Waals surface area contributed by atoms with Gasteiger partial charge in [-0.3, -0.25) is 4.79 Å². The third kappa shape index (κ3) is 1.64. The van der Waals surface area contributed by atoms with Gasteiger partial charge in [0.25, 0.3) is 0 Å². The molecule has 0 radical (unpaired) electrons. The van der Waals surface area contributed by atoms with Crippen LogP contribution in [0.5, 0.6) is 0 Å². The average Bonchev–Trinajstić information content (AvgIpc) is 2.72. The van der Waals surface area contributed by atoms with Gasteiger partial charge in [-0.05, 0) is 13.3 Å². The van der Waals surface area contributed by atoms with Gasteiger partial charge < -0.3 is 4.74 Å². The summed E-state index contributed by atoms with van der Waals surface area (Å²) >= 11 is 1.46. The number of aromatic nitrogens is 1. The number of rotatable bonds is 2. The Labute approximate surface area is 80.8 Å². The first-order valence-electron chi connectivity index (χ1n) is 4.33. The van der Waals surface area contributed by atoms with E-state index in [-0.39, 0.29) is 17.8 Å². The third-order valence-corrected chi connectivity index (χ3v) is 2.98. The summed E-state index contributed by atoms with van der Waals surface area (Å²) < 4.78 is 5.34. The fourth-order valence-electron chi connectivity index (χ4n) is 1.60. The van der Waals surface area contributed by atoms with Crippen molar-refractivity contribution in [2.45, 2.75) is 19.4 Å². The zero-order valence-electron chi connectivity index (χ0n) is 7.40. The number of nitrogens with zero attached hydrogens (tertiary/aromatic N) is 1. The van der Waals surface area contributed by atoms with Gasteiger partial charge in [-0.1, -0.05) is 0 Å². The minimum absolute atomic E-state index is 0.0158. The predicted octanol–water partition coefficient (Wildman–Crippen LogP) is 1.75. The van der Waals surface area contributed by atoms with Crippen molar-refractivity contribution in [1.29, 1.82) is 0 Å². The first-order valence-corrected chi connectivity index (χ1v) is 5.27. The molecule has 1 aliphatic heterocycles. The van der Waals surface area contributed by atoms with Crippen molar-refractivity contribution >= 4 is 17.1 Å². The quantitative estimate of drug-likeness (QED) is 0.678. The Hall–Kier alpha value is -0.740. The van der Waals surface area contributed by atoms with E-state index in [1.807, 2.05) is 6.92 Å². The lowest BCUT2D eigenvalue weighted by Gasteiger charge is -2.10. The molecule has 1 aromatic heterocycles. The van der Waals surface area contributed by atoms with E-state index < -0.39 is 0 Å². The van der Waals surface area contributed by atoms with E-state index in [0.717, 1.165) is 6.42 Å². The van der Waals surface area contributed by atoms with E-state index in [4.69, 9.17) is 4.74 Å². The number of Topliss-reactive ketones (excluding diaryl/α,β-unsaturated/α-hetero) is 1. The maximum absolute atomic E-state index is 11.8. The minimum atomic E-state index is 0.0158. The highest BCUT2D eigenvalue weighted by Crippen LogP contribution is 2.24. The summed E-state index contributed by atoms with van der Waals surface area (Å²) in [6.45, 7) is 2.64. The standard InChI is InChI=1S/C9H11NO2S/c1-6-7(2-3-12-6)9(11)8-4-13-5-10-8/h4-7H,2-3H2,1H3. The highest BCUT2D eigenvalue weighted by molar-refractivity contribution is 7.07. The van der Waals surface area contributed by atoms with Crippen molar-refractivity contribution in [1.82, 2.24) is 4.98 Å². The maximum atomic E-state index is 11.8. The Morgan fingerprint density at radius 2 is 2.62 bits per heavy atom. The second-order valence-electron chi connectivity index (χ2n) is 3.21. The molecular formula is C9H11NO2S. The summed E-state index contributed by atoms with van der Waals surface area (Å²) in [5.41, 5.74) is 2.28. The average molecular weight is 197 g/mol. The van der Waals surface area contributed by atoms with Crippen LogP contribution in [0.15, 0.2) is 10.9 Å². The molecule has 2 atom stereocenters. The molecule has 13 heavy (non-hydrogen) atoms. The van der Waals surface area contributed by atoms with Crippen LogP contribution >= 0.6 is 11.3 Å². The third-order valence-electron chi connectivity index (χ3n) is 2.40. The van der Waals surface area contributed by atoms with Gasteiger partial charge in [-0.2, -0.15) is 0 Å². The van der Waals surface area contributed by atoms with Crippen LogP contribution in [0.25, 0.3) is 0 Å². The molecule has 1 saturated heterocycles. The molecule has 1 aliphatic rings. The lowest BCUT2D eigenvalue weighted by atomic mass is 9.96. The van der Waals surface area contributed by atoms with Gasteiger partial charge in [0.15, 0.2) is 5.78 Å². The van der Waals surface area contributed by atoms with Crippen LogP contribution < -0.4 is 0 Å². The molecule has 3 nitrogen and oxygen atoms in total. The Kier molecular flexibility index (Phi) is 2.42. The SMILES string of the molecule is CC1OCCC1C(=O)c1cscn1. The fourth-order valence-corrected chi connectivity index (χ4v) is 2.14. The van der Waals surface area contributed by atoms with Gasteiger partial charge in [-0.25, -0.2) is 4.98 Å². The first kappa shape index (κ1) is 8.84. The van der Waals surface area contributed by atoms with Crippen LogP contribution in [0.1, 0.15) is 23.8 Å². The normalized spacial score (nSPS) is 27.8. The molecule has 4 heteroatoms. The molecule has 1 fully saturated rings. The van der Waals surface area contributed by atoms with Crippen molar-refractivity contribution < 1.29 is 9.53 Å². The molecule has 70 valence electrons. The number of carbonyl (C=O) groups is 1. The van der Waals surface area contributed by atoms with E-state index in [0.29, 0.717) is 12.3 Å². The van der Waals surface area contributed by atoms with E-state index >= 15 is 0 Å². The topological polar surface area (TPSA) is 39.2 Å². The lowest BCUT2D eigenvalue weighted by molar-refractivity contribution is 0.0760. The molecule has 0 amide bonds. The number of ketones is 1. The molecule has 2 unspecified atom stereocenters. The molecule has 0 saturated carbocycles. The molecule has 0 spiro atoms. The van der Waals surface area contributed by atoms with Crippen LogP contribution in [0.4, 0.5) is 0 Å². The van der Waals surface area contributed by atoms with Crippen LogP contribution in [0, 0.1) is 5.92 Å². The molecule has 2 rings (SSSR count). The summed E-state index contributed by atoms with van der Waals surface area (Å²) in [4.78, 5) is 15.8. The molecule has 0 aliphatic carbocycles. The second-order valence-corrected chi connectivity index (χ2v) is 3.93. The molecule has 2 heterocycles. The summed E-state index contributed by atoms with van der Waals surface area (Å²) in [5.74, 6) is 0.147. The van der Waals surface area contributed by atoms with E-state index in [1.54, 1.807) is 10.9 Å². The predicted molar refractivity (Wildman–Crippen MR) is 50.0 cm³/mol. The number of hydrogen-bond acceptors (Lipinski definition) is 4. The highest BCUT2D eigenvalue weighted by Gasteiger charge is 2.31. The summed E-state index contributed by atoms with van der Waals surface area (Å²) in [5, 5.41) is 1.80. The van der Waals surface area contributed by atoms with Gasteiger partial charge in [0, 0.05) is 12.0 Å². The zero-order chi connectivity index (χ0) is 9.26. The van der Waals surface area contributed by atoms with Gasteiger partial charge in [0.05, 0.1) is 17.5 Å². The van der Waals surface area contributed by atoms with Gasteiger partial charge in [-0.15, -0.1) is 11.3 Å². The number of carbonyl (C=O) groups excluding carboxylic acids is 1. The largest absolute Gasteiger partial charge is 0.378 e. The van der Waals surface area contributed by atoms with E-state index in [1.165, 1.54) is 11.3 Å². The monoisotopic (exact) mass is 197 g/mol. The van der Waals surface area contributed by atoms with Crippen molar-refractivity contribution in [3.05, 3.63) is 16.6 Å². The molecule has 0 N–H and O–H groups in total. The van der Waals surface area contributed by atoms with Crippen molar-refractivity contribution in [3.63, 3.8) is 0 Å². The lowest BCUT2D eigenvalue weighted by Crippen LogP contribution is -2.21. The van der Waals surface area contributed by atoms with Crippen LogP contribution in [-0.4, -0.2) is 23.5 Å². The van der Waals surface area contributed by atoms with Crippen LogP contribution in [-0.2, 0) is 4.74 Å². The van der Waals surface area contributed by atoms with Crippen molar-refractivity contribution in [2.24, 2.45) is 5.92 Å². The fraction of sp³-hybridized carbons (Fsp3) is 0.556. The van der Waals surface area contributed by atoms with Crippen LogP contribution in [0.2, 0.25) is 0 Å². The first-order chi connectivity index (χ1) is 6.29. The zero-order valence-corrected chi connectivity index (χ0v) is 8.21. The van der Waals surface area contributed by atoms with Gasteiger partial charge in [0.1, 0.15) is 5.69 Å². The summed E-state index contributed by atoms with van der Waals surface area (Å²) in [7, 11) is 0. The molecule has 1 aromatic rings. The molecular weight excluding hydrogens is 186 g/mol. The molecule has 0 aromatic carbocycles. The van der Waals surface area contributed by atoms with E-state index in [9.17, 15) is 4.79 Å². The second kappa shape index (κ2) is 3.55. The maximum Gasteiger partial charge on any atom is 0.187 e. The van der Waals surface area contributed by atoms with Crippen molar-refractivity contribution in [3.8, 4) is 0 Å². The summed E-state index contributed by atoms with van der Waals surface area (Å²) in [6.07, 6.45) is 0.881. The highest BCUT2D eigenvalue weighted by atomic mass is 32.1. The number of ether oxygens (including phenoxy) is 1. The van der Waals surface area contributed by atoms with Crippen LogP contribution in [0.3, 0.4) is 0 Å². The van der Waals surface area contributed by atoms with Gasteiger partial charge in [0.2, 0.25) is 0 Å². The minimum Gasteiger partial charge on any atom is -0.378 e. The Bertz CT molecular complexity index is 297. The van der Waals surface area contributed by atoms with Gasteiger partial charge >= 0.3 is 0 Å². The smallest absolute Gasteiger partial charge is 0.187 e.